The first kappa shape index (κ1) is 20.3. The summed E-state index contributed by atoms with van der Waals surface area (Å²) in [6.07, 6.45) is 4.86. The fourth-order valence-corrected chi connectivity index (χ4v) is 3.20. The van der Waals surface area contributed by atoms with Crippen LogP contribution in [0.1, 0.15) is 74.7 Å². The third-order valence-corrected chi connectivity index (χ3v) is 5.27. The fraction of sp³-hybridized carbons (Fsp3) is 0.842. The van der Waals surface area contributed by atoms with Crippen LogP contribution < -0.4 is 5.32 Å². The second-order valence-corrected chi connectivity index (χ2v) is 9.32. The van der Waals surface area contributed by atoms with Gasteiger partial charge >= 0.3 is 13.2 Å². The molecule has 0 spiro atoms. The van der Waals surface area contributed by atoms with E-state index in [9.17, 15) is 4.79 Å². The highest BCUT2D eigenvalue weighted by Gasteiger charge is 2.52. The van der Waals surface area contributed by atoms with E-state index in [1.165, 1.54) is 5.57 Å². The summed E-state index contributed by atoms with van der Waals surface area (Å²) in [5.74, 6) is 0.122. The lowest BCUT2D eigenvalue weighted by atomic mass is 9.72. The van der Waals surface area contributed by atoms with E-state index >= 15 is 0 Å². The first-order valence-corrected chi connectivity index (χ1v) is 9.36. The monoisotopic (exact) mass is 351 g/mol. The Morgan fingerprint density at radius 2 is 1.84 bits per heavy atom. The summed E-state index contributed by atoms with van der Waals surface area (Å²) < 4.78 is 17.7. The number of hydrogen-bond donors (Lipinski definition) is 1. The van der Waals surface area contributed by atoms with Gasteiger partial charge in [0.25, 0.3) is 0 Å². The molecule has 1 saturated heterocycles. The second kappa shape index (κ2) is 6.95. The summed E-state index contributed by atoms with van der Waals surface area (Å²) in [5.41, 5.74) is 0.110. The van der Waals surface area contributed by atoms with Crippen molar-refractivity contribution in [2.75, 3.05) is 0 Å². The van der Waals surface area contributed by atoms with E-state index in [1.807, 2.05) is 20.8 Å². The zero-order valence-corrected chi connectivity index (χ0v) is 17.1. The Kier molecular flexibility index (Phi) is 5.65. The third-order valence-electron chi connectivity index (χ3n) is 5.27. The van der Waals surface area contributed by atoms with Gasteiger partial charge in [-0.1, -0.05) is 18.6 Å². The number of carbonyl (C=O) groups is 1. The Balaban J connectivity index is 2.01. The Labute approximate surface area is 153 Å². The molecule has 1 heterocycles. The molecular weight excluding hydrogens is 317 g/mol. The standard InChI is InChI=1S/C19H34BNO4/c1-13(20-24-18(5,6)19(7,8)25-20)12-14-10-9-11-15(14)21-16(22)23-17(2,3)4/h12-13,15H,9-11H2,1-8H3,(H,21,22)/b14-12-. The molecule has 1 saturated carbocycles. The molecule has 1 aliphatic heterocycles. The summed E-state index contributed by atoms with van der Waals surface area (Å²) in [6.45, 7) is 16.0. The molecular formula is C19H34BNO4. The van der Waals surface area contributed by atoms with Crippen LogP contribution in [0, 0.1) is 0 Å². The van der Waals surface area contributed by atoms with Gasteiger partial charge in [-0.2, -0.15) is 0 Å². The minimum absolute atomic E-state index is 0.0414. The van der Waals surface area contributed by atoms with Crippen molar-refractivity contribution in [2.24, 2.45) is 0 Å². The third kappa shape index (κ3) is 5.01. The molecule has 1 aliphatic carbocycles. The van der Waals surface area contributed by atoms with Gasteiger partial charge in [-0.3, -0.25) is 0 Å². The van der Waals surface area contributed by atoms with Crippen molar-refractivity contribution in [3.63, 3.8) is 0 Å². The Hall–Kier alpha value is -1.01. The minimum atomic E-state index is -0.484. The van der Waals surface area contributed by atoms with Gasteiger partial charge in [0.15, 0.2) is 0 Å². The van der Waals surface area contributed by atoms with E-state index in [-0.39, 0.29) is 36.3 Å². The zero-order chi connectivity index (χ0) is 19.0. The number of hydrogen-bond acceptors (Lipinski definition) is 4. The van der Waals surface area contributed by atoms with Crippen LogP contribution in [0.3, 0.4) is 0 Å². The van der Waals surface area contributed by atoms with E-state index < -0.39 is 5.60 Å². The maximum Gasteiger partial charge on any atom is 0.464 e. The van der Waals surface area contributed by atoms with Crippen molar-refractivity contribution in [3.05, 3.63) is 11.6 Å². The average Bonchev–Trinajstić information content (AvgIpc) is 2.90. The van der Waals surface area contributed by atoms with Crippen molar-refractivity contribution in [1.82, 2.24) is 5.32 Å². The van der Waals surface area contributed by atoms with Crippen LogP contribution in [0.15, 0.2) is 11.6 Å². The van der Waals surface area contributed by atoms with Gasteiger partial charge in [0, 0.05) is 5.82 Å². The lowest BCUT2D eigenvalue weighted by molar-refractivity contribution is 0.00578. The summed E-state index contributed by atoms with van der Waals surface area (Å²) in [6, 6.07) is 0.0414. The number of allylic oxidation sites excluding steroid dienone is 1. The van der Waals surface area contributed by atoms with E-state index in [1.54, 1.807) is 0 Å². The fourth-order valence-electron chi connectivity index (χ4n) is 3.20. The highest BCUT2D eigenvalue weighted by atomic mass is 16.7. The quantitative estimate of drug-likeness (QED) is 0.602. The highest BCUT2D eigenvalue weighted by molar-refractivity contribution is 6.48. The average molecular weight is 351 g/mol. The van der Waals surface area contributed by atoms with E-state index in [0.717, 1.165) is 19.3 Å². The number of alkyl carbamates (subject to hydrolysis) is 1. The molecule has 25 heavy (non-hydrogen) atoms. The normalized spacial score (nSPS) is 28.2. The van der Waals surface area contributed by atoms with E-state index in [2.05, 4.69) is 46.0 Å². The van der Waals surface area contributed by atoms with E-state index in [4.69, 9.17) is 14.0 Å². The molecule has 2 atom stereocenters. The molecule has 2 rings (SSSR count). The molecule has 0 bridgehead atoms. The number of ether oxygens (including phenoxy) is 1. The number of nitrogens with one attached hydrogen (secondary N) is 1. The van der Waals surface area contributed by atoms with Gasteiger partial charge in [0.05, 0.1) is 17.2 Å². The van der Waals surface area contributed by atoms with Crippen molar-refractivity contribution in [3.8, 4) is 0 Å². The lowest BCUT2D eigenvalue weighted by Gasteiger charge is -2.32. The molecule has 6 heteroatoms. The molecule has 2 unspecified atom stereocenters. The molecule has 0 aromatic rings. The molecule has 5 nitrogen and oxygen atoms in total. The Bertz CT molecular complexity index is 520. The van der Waals surface area contributed by atoms with Crippen molar-refractivity contribution in [2.45, 2.75) is 103 Å². The first-order chi connectivity index (χ1) is 11.3. The summed E-state index contributed by atoms with van der Waals surface area (Å²) in [5, 5.41) is 3.00. The molecule has 0 aromatic carbocycles. The van der Waals surface area contributed by atoms with Gasteiger partial charge in [-0.25, -0.2) is 4.79 Å². The smallest absolute Gasteiger partial charge is 0.444 e. The van der Waals surface area contributed by atoms with Crippen LogP contribution >= 0.6 is 0 Å². The predicted molar refractivity (Wildman–Crippen MR) is 101 cm³/mol. The molecule has 2 fully saturated rings. The highest BCUT2D eigenvalue weighted by Crippen LogP contribution is 2.41. The SMILES string of the molecule is CC(/C=C1/CCCC1NC(=O)OC(C)(C)C)B1OC(C)(C)C(C)(C)O1. The minimum Gasteiger partial charge on any atom is -0.444 e. The Morgan fingerprint density at radius 3 is 2.36 bits per heavy atom. The molecule has 1 N–H and O–H groups in total. The number of carbonyl (C=O) groups excluding carboxylic acids is 1. The van der Waals surface area contributed by atoms with Gasteiger partial charge in [-0.05, 0) is 67.7 Å². The van der Waals surface area contributed by atoms with Gasteiger partial charge in [-0.15, -0.1) is 0 Å². The van der Waals surface area contributed by atoms with Crippen LogP contribution in [0.5, 0.6) is 0 Å². The zero-order valence-electron chi connectivity index (χ0n) is 17.1. The summed E-state index contributed by atoms with van der Waals surface area (Å²) in [7, 11) is -0.264. The molecule has 0 aromatic heterocycles. The lowest BCUT2D eigenvalue weighted by Crippen LogP contribution is -2.41. The van der Waals surface area contributed by atoms with Gasteiger partial charge < -0.3 is 19.4 Å². The van der Waals surface area contributed by atoms with Crippen molar-refractivity contribution < 1.29 is 18.8 Å². The molecule has 0 radical (unpaired) electrons. The van der Waals surface area contributed by atoms with Crippen LogP contribution in [-0.2, 0) is 14.0 Å². The first-order valence-electron chi connectivity index (χ1n) is 9.36. The number of amides is 1. The topological polar surface area (TPSA) is 56.8 Å². The van der Waals surface area contributed by atoms with Crippen LogP contribution in [0.4, 0.5) is 4.79 Å². The molecule has 1 amide bonds. The summed E-state index contributed by atoms with van der Waals surface area (Å²) >= 11 is 0. The van der Waals surface area contributed by atoms with Gasteiger partial charge in [0.2, 0.25) is 0 Å². The van der Waals surface area contributed by atoms with Gasteiger partial charge in [0.1, 0.15) is 5.60 Å². The molecule has 2 aliphatic rings. The van der Waals surface area contributed by atoms with Crippen LogP contribution in [0.2, 0.25) is 5.82 Å². The largest absolute Gasteiger partial charge is 0.464 e. The summed E-state index contributed by atoms with van der Waals surface area (Å²) in [4.78, 5) is 12.1. The number of rotatable bonds is 3. The van der Waals surface area contributed by atoms with Crippen molar-refractivity contribution >= 4 is 13.2 Å². The predicted octanol–water partition coefficient (Wildman–Crippen LogP) is 4.47. The van der Waals surface area contributed by atoms with E-state index in [0.29, 0.717) is 0 Å². The maximum atomic E-state index is 12.1. The van der Waals surface area contributed by atoms with Crippen molar-refractivity contribution in [1.29, 1.82) is 0 Å². The second-order valence-electron chi connectivity index (χ2n) is 9.32. The molecule has 142 valence electrons. The van der Waals surface area contributed by atoms with Crippen LogP contribution in [-0.4, -0.2) is 36.1 Å². The maximum absolute atomic E-state index is 12.1. The Morgan fingerprint density at radius 1 is 1.28 bits per heavy atom. The van der Waals surface area contributed by atoms with Crippen LogP contribution in [0.25, 0.3) is 0 Å².